The summed E-state index contributed by atoms with van der Waals surface area (Å²) in [5.41, 5.74) is 4.11. The van der Waals surface area contributed by atoms with E-state index in [1.165, 1.54) is 5.56 Å². The summed E-state index contributed by atoms with van der Waals surface area (Å²) in [6, 6.07) is 8.54. The first kappa shape index (κ1) is 22.8. The maximum atomic E-state index is 12.2. The number of benzene rings is 1. The smallest absolute Gasteiger partial charge is 0.135 e. The average molecular weight is 438 g/mol. The molecule has 1 saturated heterocycles. The lowest BCUT2D eigenvalue weighted by Gasteiger charge is -2.43. The highest BCUT2D eigenvalue weighted by Gasteiger charge is 2.35. The normalized spacial score (nSPS) is 23.2. The van der Waals surface area contributed by atoms with E-state index >= 15 is 0 Å². The van der Waals surface area contributed by atoms with E-state index in [9.17, 15) is 9.90 Å². The predicted octanol–water partition coefficient (Wildman–Crippen LogP) is 2.75. The molecule has 4 atom stereocenters. The van der Waals surface area contributed by atoms with Crippen molar-refractivity contribution in [2.75, 3.05) is 31.1 Å². The molecule has 1 aliphatic heterocycles. The molecule has 172 valence electrons. The molecule has 1 fully saturated rings. The molecule has 0 bridgehead atoms. The summed E-state index contributed by atoms with van der Waals surface area (Å²) in [6.45, 7) is 11.7. The lowest BCUT2D eigenvalue weighted by atomic mass is 9.94. The van der Waals surface area contributed by atoms with Gasteiger partial charge in [-0.2, -0.15) is 0 Å². The first-order valence-corrected chi connectivity index (χ1v) is 11.7. The highest BCUT2D eigenvalue weighted by molar-refractivity contribution is 5.63. The van der Waals surface area contributed by atoms with Crippen molar-refractivity contribution in [2.45, 2.75) is 64.3 Å². The van der Waals surface area contributed by atoms with Gasteiger partial charge in [-0.05, 0) is 38.7 Å². The van der Waals surface area contributed by atoms with E-state index in [1.807, 2.05) is 0 Å². The summed E-state index contributed by atoms with van der Waals surface area (Å²) in [6.07, 6.45) is 2.81. The first-order valence-electron chi connectivity index (χ1n) is 11.7. The number of hydrogen-bond donors (Lipinski definition) is 2. The van der Waals surface area contributed by atoms with Crippen LogP contribution in [0, 0.1) is 6.92 Å². The van der Waals surface area contributed by atoms with Gasteiger partial charge in [0.15, 0.2) is 0 Å². The number of nitrogens with one attached hydrogen (secondary N) is 1. The minimum absolute atomic E-state index is 0.0609. The monoisotopic (exact) mass is 437 g/mol. The Kier molecular flexibility index (Phi) is 6.88. The van der Waals surface area contributed by atoms with Gasteiger partial charge in [-0.15, -0.1) is 0 Å². The summed E-state index contributed by atoms with van der Waals surface area (Å²) in [4.78, 5) is 25.9. The van der Waals surface area contributed by atoms with Crippen LogP contribution in [0.3, 0.4) is 0 Å². The second-order valence-corrected chi connectivity index (χ2v) is 9.51. The fourth-order valence-electron chi connectivity index (χ4n) is 5.07. The number of fused-ring (bicyclic) bond motifs is 1. The minimum atomic E-state index is -0.495. The summed E-state index contributed by atoms with van der Waals surface area (Å²) in [7, 11) is 0. The van der Waals surface area contributed by atoms with Crippen molar-refractivity contribution in [1.29, 1.82) is 0 Å². The molecule has 7 nitrogen and oxygen atoms in total. The molecule has 32 heavy (non-hydrogen) atoms. The largest absolute Gasteiger partial charge is 0.387 e. The zero-order chi connectivity index (χ0) is 22.8. The fraction of sp³-hybridized carbons (Fsp3) is 0.560. The van der Waals surface area contributed by atoms with Gasteiger partial charge in [-0.1, -0.05) is 36.8 Å². The zero-order valence-electron chi connectivity index (χ0n) is 19.5. The van der Waals surface area contributed by atoms with Crippen molar-refractivity contribution in [3.63, 3.8) is 0 Å². The Bertz CT molecular complexity index is 924. The quantitative estimate of drug-likeness (QED) is 0.645. The van der Waals surface area contributed by atoms with Gasteiger partial charge in [0.25, 0.3) is 0 Å². The summed E-state index contributed by atoms with van der Waals surface area (Å²) < 4.78 is 0. The van der Waals surface area contributed by atoms with Crippen molar-refractivity contribution in [1.82, 2.24) is 20.2 Å². The van der Waals surface area contributed by atoms with Gasteiger partial charge in [0.2, 0.25) is 0 Å². The number of piperazine rings is 1. The second kappa shape index (κ2) is 9.65. The number of carbonyl (C=O) groups is 1. The van der Waals surface area contributed by atoms with Crippen LogP contribution >= 0.6 is 0 Å². The molecule has 1 aromatic heterocycles. The minimum Gasteiger partial charge on any atom is -0.387 e. The summed E-state index contributed by atoms with van der Waals surface area (Å²) >= 11 is 0. The van der Waals surface area contributed by atoms with Gasteiger partial charge in [-0.3, -0.25) is 10.2 Å². The molecule has 1 aliphatic carbocycles. The third-order valence-electron chi connectivity index (χ3n) is 6.74. The number of anilines is 1. The average Bonchev–Trinajstić information content (AvgIpc) is 3.08. The van der Waals surface area contributed by atoms with Crippen molar-refractivity contribution < 1.29 is 9.90 Å². The molecule has 0 amide bonds. The molecule has 2 aromatic rings. The second-order valence-electron chi connectivity index (χ2n) is 9.51. The molecule has 2 heterocycles. The van der Waals surface area contributed by atoms with Crippen LogP contribution in [0.4, 0.5) is 5.82 Å². The molecule has 0 radical (unpaired) electrons. The van der Waals surface area contributed by atoms with Crippen molar-refractivity contribution in [2.24, 2.45) is 0 Å². The van der Waals surface area contributed by atoms with E-state index < -0.39 is 6.10 Å². The SMILES string of the molecule is Cc1ccc(C(C=O)C(NC(C)C)N2CCN(c3ncnc4c3[C@H](C)C[C@H]4O)CC2)cc1. The third-order valence-corrected chi connectivity index (χ3v) is 6.74. The number of rotatable bonds is 7. The molecule has 2 N–H and O–H groups in total. The van der Waals surface area contributed by atoms with Gasteiger partial charge in [0.1, 0.15) is 18.4 Å². The molecular weight excluding hydrogens is 402 g/mol. The van der Waals surface area contributed by atoms with Crippen LogP contribution in [0.15, 0.2) is 30.6 Å². The molecule has 2 unspecified atom stereocenters. The van der Waals surface area contributed by atoms with E-state index in [-0.39, 0.29) is 24.0 Å². The predicted molar refractivity (Wildman–Crippen MR) is 126 cm³/mol. The molecule has 2 aliphatic rings. The zero-order valence-corrected chi connectivity index (χ0v) is 19.5. The highest BCUT2D eigenvalue weighted by atomic mass is 16.3. The highest BCUT2D eigenvalue weighted by Crippen LogP contribution is 2.42. The maximum Gasteiger partial charge on any atom is 0.135 e. The van der Waals surface area contributed by atoms with Gasteiger partial charge < -0.3 is 14.8 Å². The standard InChI is InChI=1S/C25H35N5O2/c1-16(2)28-24(20(14-31)19-7-5-17(3)6-8-19)29-9-11-30(12-10-29)25-22-18(4)13-21(32)23(22)26-15-27-25/h5-8,14-16,18,20-21,24,28,32H,9-13H2,1-4H3/t18-,20?,21-,24?/m1/s1. The molecule has 4 rings (SSSR count). The Hall–Kier alpha value is -2.35. The van der Waals surface area contributed by atoms with Crippen molar-refractivity contribution >= 4 is 12.1 Å². The van der Waals surface area contributed by atoms with Crippen LogP contribution in [0.5, 0.6) is 0 Å². The first-order chi connectivity index (χ1) is 15.4. The Balaban J connectivity index is 1.52. The third kappa shape index (κ3) is 4.56. The number of nitrogens with zero attached hydrogens (tertiary/aromatic N) is 4. The lowest BCUT2D eigenvalue weighted by Crippen LogP contribution is -2.58. The van der Waals surface area contributed by atoms with Crippen LogP contribution < -0.4 is 10.2 Å². The topological polar surface area (TPSA) is 81.6 Å². The van der Waals surface area contributed by atoms with E-state index in [0.29, 0.717) is 6.42 Å². The Morgan fingerprint density at radius 2 is 1.81 bits per heavy atom. The Labute approximate surface area is 190 Å². The van der Waals surface area contributed by atoms with E-state index in [0.717, 1.165) is 55.1 Å². The Morgan fingerprint density at radius 3 is 2.44 bits per heavy atom. The number of aldehydes is 1. The molecule has 7 heteroatoms. The Morgan fingerprint density at radius 1 is 1.12 bits per heavy atom. The molecular formula is C25H35N5O2. The number of aliphatic hydroxyl groups excluding tert-OH is 1. The molecule has 0 spiro atoms. The van der Waals surface area contributed by atoms with Crippen LogP contribution in [0.1, 0.15) is 67.5 Å². The number of carbonyl (C=O) groups excluding carboxylic acids is 1. The fourth-order valence-corrected chi connectivity index (χ4v) is 5.07. The van der Waals surface area contributed by atoms with E-state index in [4.69, 9.17) is 0 Å². The summed E-state index contributed by atoms with van der Waals surface area (Å²) in [5.74, 6) is 0.978. The van der Waals surface area contributed by atoms with Gasteiger partial charge in [0.05, 0.1) is 23.9 Å². The number of aryl methyl sites for hydroxylation is 1. The molecule has 1 aromatic carbocycles. The van der Waals surface area contributed by atoms with Crippen molar-refractivity contribution in [3.05, 3.63) is 53.0 Å². The van der Waals surface area contributed by atoms with Gasteiger partial charge >= 0.3 is 0 Å². The molecule has 0 saturated carbocycles. The maximum absolute atomic E-state index is 12.2. The van der Waals surface area contributed by atoms with Crippen LogP contribution in [-0.2, 0) is 4.79 Å². The van der Waals surface area contributed by atoms with Gasteiger partial charge in [0, 0.05) is 37.8 Å². The number of hydrogen-bond acceptors (Lipinski definition) is 7. The van der Waals surface area contributed by atoms with Gasteiger partial charge in [-0.25, -0.2) is 9.97 Å². The van der Waals surface area contributed by atoms with Crippen molar-refractivity contribution in [3.8, 4) is 0 Å². The summed E-state index contributed by atoms with van der Waals surface area (Å²) in [5, 5.41) is 14.0. The van der Waals surface area contributed by atoms with Crippen LogP contribution in [0.2, 0.25) is 0 Å². The number of aliphatic hydroxyl groups is 1. The van der Waals surface area contributed by atoms with Crippen LogP contribution in [0.25, 0.3) is 0 Å². The number of aromatic nitrogens is 2. The van der Waals surface area contributed by atoms with Crippen LogP contribution in [-0.4, -0.2) is 64.6 Å². The van der Waals surface area contributed by atoms with E-state index in [1.54, 1.807) is 6.33 Å². The lowest BCUT2D eigenvalue weighted by molar-refractivity contribution is -0.111. The van der Waals surface area contributed by atoms with E-state index in [2.05, 4.69) is 77.0 Å².